The standard InChI is InChI=1S/C21H17FN4O/c22-17-7-5-16(6-8-17)21(9-10-24-13-19(21)27)18-12-25-20(26-18)15-3-1-14(11-23)2-4-15/h1-10,12-13H,11,23H2,(H,25,26). The summed E-state index contributed by atoms with van der Waals surface area (Å²) in [6.07, 6.45) is 6.19. The third kappa shape index (κ3) is 2.90. The maximum absolute atomic E-state index is 13.4. The molecule has 5 nitrogen and oxygen atoms in total. The summed E-state index contributed by atoms with van der Waals surface area (Å²) >= 11 is 0. The molecule has 134 valence electrons. The van der Waals surface area contributed by atoms with Crippen molar-refractivity contribution in [3.05, 3.63) is 89.6 Å². The second-order valence-electron chi connectivity index (χ2n) is 6.32. The van der Waals surface area contributed by atoms with Gasteiger partial charge < -0.3 is 10.7 Å². The van der Waals surface area contributed by atoms with Crippen LogP contribution in [0.5, 0.6) is 0 Å². The molecule has 1 aliphatic rings. The highest BCUT2D eigenvalue weighted by Gasteiger charge is 2.41. The summed E-state index contributed by atoms with van der Waals surface area (Å²) in [7, 11) is 0. The van der Waals surface area contributed by atoms with Crippen molar-refractivity contribution in [2.24, 2.45) is 10.7 Å². The molecule has 0 bridgehead atoms. The van der Waals surface area contributed by atoms with Crippen molar-refractivity contribution in [1.82, 2.24) is 9.97 Å². The number of imidazole rings is 1. The predicted octanol–water partition coefficient (Wildman–Crippen LogP) is 3.13. The van der Waals surface area contributed by atoms with Gasteiger partial charge in [-0.25, -0.2) is 9.37 Å². The molecule has 0 spiro atoms. The second kappa shape index (κ2) is 6.74. The number of hydrogen-bond acceptors (Lipinski definition) is 4. The Morgan fingerprint density at radius 2 is 1.81 bits per heavy atom. The number of H-pyrrole nitrogens is 1. The maximum atomic E-state index is 13.4. The molecule has 0 radical (unpaired) electrons. The summed E-state index contributed by atoms with van der Waals surface area (Å²) in [5, 5.41) is 0. The summed E-state index contributed by atoms with van der Waals surface area (Å²) < 4.78 is 13.4. The van der Waals surface area contributed by atoms with E-state index < -0.39 is 5.41 Å². The van der Waals surface area contributed by atoms with Crippen LogP contribution >= 0.6 is 0 Å². The van der Waals surface area contributed by atoms with E-state index in [9.17, 15) is 9.18 Å². The fourth-order valence-electron chi connectivity index (χ4n) is 3.25. The molecule has 0 amide bonds. The second-order valence-corrected chi connectivity index (χ2v) is 6.32. The molecular formula is C21H17FN4O. The normalized spacial score (nSPS) is 18.8. The Bertz CT molecular complexity index is 1030. The number of aromatic amines is 1. The number of nitrogens with two attached hydrogens (primary N) is 1. The molecule has 3 aromatic rings. The maximum Gasteiger partial charge on any atom is 0.194 e. The highest BCUT2D eigenvalue weighted by atomic mass is 19.1. The third-order valence-corrected chi connectivity index (χ3v) is 4.75. The van der Waals surface area contributed by atoms with Crippen LogP contribution in [0.2, 0.25) is 0 Å². The molecule has 6 heteroatoms. The van der Waals surface area contributed by atoms with E-state index in [1.54, 1.807) is 30.6 Å². The SMILES string of the molecule is NCc1ccc(-c2ncc(C3(c4ccc(F)cc4)C=CN=CC3=O)[nH]2)cc1. The van der Waals surface area contributed by atoms with E-state index in [0.717, 1.165) is 11.1 Å². The van der Waals surface area contributed by atoms with Crippen LogP contribution in [0.3, 0.4) is 0 Å². The first kappa shape index (κ1) is 17.1. The van der Waals surface area contributed by atoms with Gasteiger partial charge in [-0.3, -0.25) is 9.79 Å². The summed E-state index contributed by atoms with van der Waals surface area (Å²) in [6, 6.07) is 13.6. The zero-order valence-corrected chi connectivity index (χ0v) is 14.4. The lowest BCUT2D eigenvalue weighted by atomic mass is 9.73. The van der Waals surface area contributed by atoms with Crippen LogP contribution in [-0.2, 0) is 16.8 Å². The number of nitrogens with zero attached hydrogens (tertiary/aromatic N) is 2. The van der Waals surface area contributed by atoms with Crippen LogP contribution in [-0.4, -0.2) is 22.0 Å². The van der Waals surface area contributed by atoms with Crippen molar-refractivity contribution in [3.63, 3.8) is 0 Å². The van der Waals surface area contributed by atoms with E-state index in [1.165, 1.54) is 18.3 Å². The zero-order valence-electron chi connectivity index (χ0n) is 14.4. The molecule has 2 heterocycles. The Morgan fingerprint density at radius 3 is 2.48 bits per heavy atom. The van der Waals surface area contributed by atoms with Crippen molar-refractivity contribution in [2.45, 2.75) is 12.0 Å². The lowest BCUT2D eigenvalue weighted by Crippen LogP contribution is -2.38. The number of halogens is 1. The molecule has 0 saturated carbocycles. The van der Waals surface area contributed by atoms with Gasteiger partial charge in [0.25, 0.3) is 0 Å². The van der Waals surface area contributed by atoms with Gasteiger partial charge in [0.05, 0.1) is 18.1 Å². The van der Waals surface area contributed by atoms with E-state index in [1.807, 2.05) is 24.3 Å². The van der Waals surface area contributed by atoms with Crippen LogP contribution < -0.4 is 5.73 Å². The van der Waals surface area contributed by atoms with Crippen molar-refractivity contribution in [2.75, 3.05) is 0 Å². The minimum Gasteiger partial charge on any atom is -0.340 e. The lowest BCUT2D eigenvalue weighted by molar-refractivity contribution is -0.115. The molecule has 1 unspecified atom stereocenters. The first-order chi connectivity index (χ1) is 13.1. The minimum atomic E-state index is -1.11. The highest BCUT2D eigenvalue weighted by Crippen LogP contribution is 2.36. The van der Waals surface area contributed by atoms with E-state index in [2.05, 4.69) is 15.0 Å². The van der Waals surface area contributed by atoms with Crippen molar-refractivity contribution < 1.29 is 9.18 Å². The Morgan fingerprint density at radius 1 is 1.07 bits per heavy atom. The third-order valence-electron chi connectivity index (χ3n) is 4.75. The van der Waals surface area contributed by atoms with E-state index >= 15 is 0 Å². The van der Waals surface area contributed by atoms with Crippen LogP contribution in [0.25, 0.3) is 11.4 Å². The van der Waals surface area contributed by atoms with Crippen LogP contribution in [0, 0.1) is 5.82 Å². The molecule has 0 aliphatic carbocycles. The van der Waals surface area contributed by atoms with E-state index in [4.69, 9.17) is 5.73 Å². The lowest BCUT2D eigenvalue weighted by Gasteiger charge is -2.28. The van der Waals surface area contributed by atoms with Gasteiger partial charge in [-0.1, -0.05) is 36.4 Å². The van der Waals surface area contributed by atoms with Gasteiger partial charge in [-0.2, -0.15) is 0 Å². The Kier molecular flexibility index (Phi) is 4.25. The zero-order chi connectivity index (χ0) is 18.9. The van der Waals surface area contributed by atoms with Gasteiger partial charge in [0, 0.05) is 18.3 Å². The Labute approximate surface area is 155 Å². The Hall–Kier alpha value is -3.38. The molecule has 1 aromatic heterocycles. The molecular weight excluding hydrogens is 343 g/mol. The number of rotatable bonds is 4. The number of carbonyl (C=O) groups is 1. The molecule has 4 rings (SSSR count). The summed E-state index contributed by atoms with van der Waals surface area (Å²) in [5.41, 5.74) is 7.67. The first-order valence-electron chi connectivity index (χ1n) is 8.50. The molecule has 1 atom stereocenters. The van der Waals surface area contributed by atoms with Gasteiger partial charge in [0.15, 0.2) is 5.78 Å². The van der Waals surface area contributed by atoms with Crippen LogP contribution in [0.4, 0.5) is 4.39 Å². The number of allylic oxidation sites excluding steroid dienone is 1. The highest BCUT2D eigenvalue weighted by molar-refractivity contribution is 6.34. The average molecular weight is 360 g/mol. The smallest absolute Gasteiger partial charge is 0.194 e. The van der Waals surface area contributed by atoms with Gasteiger partial charge >= 0.3 is 0 Å². The number of nitrogens with one attached hydrogen (secondary N) is 1. The van der Waals surface area contributed by atoms with E-state index in [0.29, 0.717) is 23.6 Å². The van der Waals surface area contributed by atoms with Crippen molar-refractivity contribution in [1.29, 1.82) is 0 Å². The number of aliphatic imine (C=N–C) groups is 1. The van der Waals surface area contributed by atoms with Gasteiger partial charge in [0.2, 0.25) is 0 Å². The number of aromatic nitrogens is 2. The quantitative estimate of drug-likeness (QED) is 0.750. The number of carbonyl (C=O) groups excluding carboxylic acids is 1. The van der Waals surface area contributed by atoms with Gasteiger partial charge in [-0.05, 0) is 29.3 Å². The largest absolute Gasteiger partial charge is 0.340 e. The number of ketones is 1. The van der Waals surface area contributed by atoms with E-state index in [-0.39, 0.29) is 11.6 Å². The summed E-state index contributed by atoms with van der Waals surface area (Å²) in [5.74, 6) is 0.0594. The Balaban J connectivity index is 1.81. The van der Waals surface area contributed by atoms with Gasteiger partial charge in [-0.15, -0.1) is 0 Å². The number of hydrogen-bond donors (Lipinski definition) is 2. The summed E-state index contributed by atoms with van der Waals surface area (Å²) in [6.45, 7) is 0.468. The predicted molar refractivity (Wildman–Crippen MR) is 102 cm³/mol. The summed E-state index contributed by atoms with van der Waals surface area (Å²) in [4.78, 5) is 24.5. The fourth-order valence-corrected chi connectivity index (χ4v) is 3.25. The van der Waals surface area contributed by atoms with Crippen LogP contribution in [0.1, 0.15) is 16.8 Å². The van der Waals surface area contributed by atoms with Crippen molar-refractivity contribution >= 4 is 12.0 Å². The van der Waals surface area contributed by atoms with Crippen LogP contribution in [0.15, 0.2) is 72.0 Å². The number of Topliss-reactive ketones (excluding diaryl/α,β-unsaturated/α-hetero) is 1. The topological polar surface area (TPSA) is 84.1 Å². The molecule has 0 fully saturated rings. The molecule has 27 heavy (non-hydrogen) atoms. The molecule has 1 aliphatic heterocycles. The monoisotopic (exact) mass is 360 g/mol. The molecule has 0 saturated heterocycles. The fraction of sp³-hybridized carbons (Fsp3) is 0.0952. The van der Waals surface area contributed by atoms with Gasteiger partial charge in [0.1, 0.15) is 17.1 Å². The molecule has 2 aromatic carbocycles. The average Bonchev–Trinajstić information content (AvgIpc) is 3.20. The minimum absolute atomic E-state index is 0.217. The van der Waals surface area contributed by atoms with Crippen molar-refractivity contribution in [3.8, 4) is 11.4 Å². The molecule has 3 N–H and O–H groups in total. The number of benzene rings is 2. The first-order valence-corrected chi connectivity index (χ1v) is 8.50.